The molecule has 0 unspecified atom stereocenters. The maximum absolute atomic E-state index is 11.4. The van der Waals surface area contributed by atoms with Crippen molar-refractivity contribution in [2.75, 3.05) is 0 Å². The molecule has 2 aliphatic rings. The summed E-state index contributed by atoms with van der Waals surface area (Å²) < 4.78 is 0. The smallest absolute Gasteiger partial charge is 0.327 e. The molecule has 1 N–H and O–H groups in total. The highest BCUT2D eigenvalue weighted by atomic mass is 16.2. The number of fused-ring (bicyclic) bond motifs is 1. The Morgan fingerprint density at radius 3 is 2.64 bits per heavy atom. The minimum Gasteiger partial charge on any atom is -0.327 e. The van der Waals surface area contributed by atoms with E-state index >= 15 is 0 Å². The highest BCUT2D eigenvalue weighted by Gasteiger charge is 2.34. The molecule has 14 heavy (non-hydrogen) atoms. The first-order chi connectivity index (χ1) is 6.48. The van der Waals surface area contributed by atoms with Crippen molar-refractivity contribution in [2.24, 2.45) is 20.2 Å². The van der Waals surface area contributed by atoms with Crippen LogP contribution in [0, 0.1) is 0 Å². The third-order valence-corrected chi connectivity index (χ3v) is 1.67. The van der Waals surface area contributed by atoms with Crippen LogP contribution >= 0.6 is 0 Å². The van der Waals surface area contributed by atoms with Crippen LogP contribution in [0.4, 0.5) is 4.79 Å². The van der Waals surface area contributed by atoms with E-state index in [1.165, 1.54) is 0 Å². The number of azo groups is 1. The lowest BCUT2D eigenvalue weighted by Crippen LogP contribution is -2.52. The minimum atomic E-state index is -0.784. The van der Waals surface area contributed by atoms with E-state index in [2.05, 4.69) is 25.5 Å². The zero-order valence-corrected chi connectivity index (χ0v) is 7.61. The quantitative estimate of drug-likeness (QED) is 0.597. The van der Waals surface area contributed by atoms with Gasteiger partial charge in [0, 0.05) is 0 Å². The first kappa shape index (κ1) is 8.67. The zero-order chi connectivity index (χ0) is 10.3. The Morgan fingerprint density at radius 2 is 1.93 bits per heavy atom. The van der Waals surface area contributed by atoms with E-state index < -0.39 is 17.6 Å². The van der Waals surface area contributed by atoms with Crippen molar-refractivity contribution >= 4 is 23.5 Å². The first-order valence-corrected chi connectivity index (χ1v) is 3.95. The van der Waals surface area contributed by atoms with Crippen LogP contribution in [0.15, 0.2) is 20.2 Å². The summed E-state index contributed by atoms with van der Waals surface area (Å²) in [6, 6.07) is -0.784. The Bertz CT molecular complexity index is 418. The van der Waals surface area contributed by atoms with E-state index in [9.17, 15) is 9.59 Å². The van der Waals surface area contributed by atoms with Crippen LogP contribution in [0.25, 0.3) is 0 Å². The summed E-state index contributed by atoms with van der Waals surface area (Å²) in [5.74, 6) is -0.342. The second kappa shape index (κ2) is 2.53. The van der Waals surface area contributed by atoms with Crippen LogP contribution in [0.2, 0.25) is 0 Å². The van der Waals surface area contributed by atoms with Crippen LogP contribution < -0.4 is 5.32 Å². The molecule has 0 aliphatic carbocycles. The number of rotatable bonds is 0. The third kappa shape index (κ3) is 1.32. The summed E-state index contributed by atoms with van der Waals surface area (Å²) in [4.78, 5) is 29.6. The van der Waals surface area contributed by atoms with Gasteiger partial charge in [0.25, 0.3) is 5.91 Å². The molecule has 2 rings (SSSR count). The molecule has 7 heteroatoms. The molecule has 2 aliphatic heterocycles. The normalized spacial score (nSPS) is 23.6. The van der Waals surface area contributed by atoms with Crippen molar-refractivity contribution in [3.8, 4) is 0 Å². The second-order valence-electron chi connectivity index (χ2n) is 3.39. The molecule has 0 bridgehead atoms. The molecule has 0 aromatic rings. The van der Waals surface area contributed by atoms with Crippen molar-refractivity contribution in [1.29, 1.82) is 0 Å². The van der Waals surface area contributed by atoms with E-state index in [-0.39, 0.29) is 11.5 Å². The summed E-state index contributed by atoms with van der Waals surface area (Å²) in [6.45, 7) is 3.42. The first-order valence-electron chi connectivity index (χ1n) is 3.95. The van der Waals surface area contributed by atoms with Gasteiger partial charge in [0.15, 0.2) is 5.71 Å². The van der Waals surface area contributed by atoms with Gasteiger partial charge in [0.05, 0.1) is 0 Å². The number of carbonyl (C=O) groups excluding carboxylic acids is 2. The summed E-state index contributed by atoms with van der Waals surface area (Å²) in [7, 11) is 0. The molecule has 0 aromatic heterocycles. The van der Waals surface area contributed by atoms with Crippen LogP contribution in [0.5, 0.6) is 0 Å². The number of urea groups is 1. The van der Waals surface area contributed by atoms with Crippen molar-refractivity contribution in [3.63, 3.8) is 0 Å². The number of carbonyl (C=O) groups is 2. The zero-order valence-electron chi connectivity index (χ0n) is 7.61. The molecule has 0 fully saturated rings. The molecule has 0 atom stereocenters. The van der Waals surface area contributed by atoms with Crippen molar-refractivity contribution < 1.29 is 9.59 Å². The average molecular weight is 193 g/mol. The Balaban J connectivity index is 2.51. The Labute approximate surface area is 79.0 Å². The molecule has 0 aromatic carbocycles. The minimum absolute atomic E-state index is 0.0654. The molecule has 72 valence electrons. The Kier molecular flexibility index (Phi) is 1.57. The molecular weight excluding hydrogens is 186 g/mol. The summed E-state index contributed by atoms with van der Waals surface area (Å²) in [6.07, 6.45) is 0. The van der Waals surface area contributed by atoms with Gasteiger partial charge < -0.3 is 5.32 Å². The van der Waals surface area contributed by atoms with Crippen LogP contribution in [0.1, 0.15) is 13.8 Å². The number of amidine groups is 1. The van der Waals surface area contributed by atoms with Crippen molar-refractivity contribution in [1.82, 2.24) is 5.32 Å². The fraction of sp³-hybridized carbons (Fsp3) is 0.429. The standard InChI is InChI=1S/C7H7N5O2/c1-7(2)9-4-3(5(13)10-7)8-6(14)12-11-4/h1-2H3,(H,10,13). The van der Waals surface area contributed by atoms with Crippen LogP contribution in [-0.4, -0.2) is 29.1 Å². The van der Waals surface area contributed by atoms with E-state index in [0.29, 0.717) is 0 Å². The number of hydrogen-bond donors (Lipinski definition) is 1. The predicted octanol–water partition coefficient (Wildman–Crippen LogP) is 0.278. The summed E-state index contributed by atoms with van der Waals surface area (Å²) in [5.41, 5.74) is -0.797. The number of amides is 3. The highest BCUT2D eigenvalue weighted by Crippen LogP contribution is 2.13. The predicted molar refractivity (Wildman–Crippen MR) is 47.3 cm³/mol. The van der Waals surface area contributed by atoms with Crippen molar-refractivity contribution in [2.45, 2.75) is 19.5 Å². The Morgan fingerprint density at radius 1 is 1.21 bits per heavy atom. The van der Waals surface area contributed by atoms with E-state index in [4.69, 9.17) is 0 Å². The largest absolute Gasteiger partial charge is 0.386 e. The fourth-order valence-corrected chi connectivity index (χ4v) is 1.16. The number of aliphatic imine (C=N–C) groups is 2. The number of nitrogens with one attached hydrogen (secondary N) is 1. The fourth-order valence-electron chi connectivity index (χ4n) is 1.16. The topological polar surface area (TPSA) is 95.6 Å². The number of hydrogen-bond acceptors (Lipinski definition) is 4. The second-order valence-corrected chi connectivity index (χ2v) is 3.39. The van der Waals surface area contributed by atoms with Gasteiger partial charge in [-0.3, -0.25) is 4.79 Å². The van der Waals surface area contributed by atoms with Gasteiger partial charge in [-0.05, 0) is 13.8 Å². The van der Waals surface area contributed by atoms with Crippen molar-refractivity contribution in [3.05, 3.63) is 0 Å². The van der Waals surface area contributed by atoms with Gasteiger partial charge in [-0.1, -0.05) is 5.11 Å². The van der Waals surface area contributed by atoms with Crippen LogP contribution in [-0.2, 0) is 4.79 Å². The molecule has 3 amide bonds. The van der Waals surface area contributed by atoms with E-state index in [1.54, 1.807) is 13.8 Å². The molecule has 0 saturated heterocycles. The molecule has 0 spiro atoms. The lowest BCUT2D eigenvalue weighted by atomic mass is 10.1. The van der Waals surface area contributed by atoms with Gasteiger partial charge >= 0.3 is 6.03 Å². The molecule has 0 radical (unpaired) electrons. The lowest BCUT2D eigenvalue weighted by molar-refractivity contribution is -0.116. The molecular formula is C7H7N5O2. The van der Waals surface area contributed by atoms with Gasteiger partial charge in [0.2, 0.25) is 5.84 Å². The lowest BCUT2D eigenvalue weighted by Gasteiger charge is -2.27. The maximum Gasteiger partial charge on any atom is 0.386 e. The van der Waals surface area contributed by atoms with E-state index in [0.717, 1.165) is 0 Å². The van der Waals surface area contributed by atoms with E-state index in [1.807, 2.05) is 0 Å². The maximum atomic E-state index is 11.4. The highest BCUT2D eigenvalue weighted by molar-refractivity contribution is 6.68. The van der Waals surface area contributed by atoms with Gasteiger partial charge in [0.1, 0.15) is 5.66 Å². The monoisotopic (exact) mass is 193 g/mol. The molecule has 2 heterocycles. The SMILES string of the molecule is CC1(C)N=C2N=NC(=O)N=C2C(=O)N1. The molecule has 0 saturated carbocycles. The van der Waals surface area contributed by atoms with Gasteiger partial charge in [-0.15, -0.1) is 5.11 Å². The molecule has 7 nitrogen and oxygen atoms in total. The number of nitrogens with zero attached hydrogens (tertiary/aromatic N) is 4. The summed E-state index contributed by atoms with van der Waals surface area (Å²) >= 11 is 0. The summed E-state index contributed by atoms with van der Waals surface area (Å²) in [5, 5.41) is 9.28. The Hall–Kier alpha value is -1.92. The van der Waals surface area contributed by atoms with Gasteiger partial charge in [-0.25, -0.2) is 9.79 Å². The van der Waals surface area contributed by atoms with Gasteiger partial charge in [-0.2, -0.15) is 4.99 Å². The van der Waals surface area contributed by atoms with Crippen LogP contribution in [0.3, 0.4) is 0 Å². The third-order valence-electron chi connectivity index (χ3n) is 1.67. The average Bonchev–Trinajstić information content (AvgIpc) is 2.05.